The Balaban J connectivity index is 1.23. The third-order valence-electron chi connectivity index (χ3n) is 10.4. The van der Waals surface area contributed by atoms with Crippen LogP contribution in [0.2, 0.25) is 0 Å². The first-order chi connectivity index (χ1) is 20.8. The zero-order valence-corrected chi connectivity index (χ0v) is 25.3. The Morgan fingerprint density at radius 2 is 1.40 bits per heavy atom. The lowest BCUT2D eigenvalue weighted by molar-refractivity contribution is -0.143. The molecule has 3 fully saturated rings. The summed E-state index contributed by atoms with van der Waals surface area (Å²) in [6, 6.07) is 10.5. The van der Waals surface area contributed by atoms with E-state index in [-0.39, 0.29) is 34.6 Å². The maximum absolute atomic E-state index is 15.8. The van der Waals surface area contributed by atoms with Gasteiger partial charge < -0.3 is 25.3 Å². The zero-order valence-electron chi connectivity index (χ0n) is 25.3. The molecule has 1 saturated heterocycles. The largest absolute Gasteiger partial charge is 0.508 e. The number of amides is 2. The predicted octanol–water partition coefficient (Wildman–Crippen LogP) is 6.34. The lowest BCUT2D eigenvalue weighted by atomic mass is 9.64. The highest BCUT2D eigenvalue weighted by Crippen LogP contribution is 2.52. The summed E-state index contributed by atoms with van der Waals surface area (Å²) in [5.74, 6) is -0.869. The van der Waals surface area contributed by atoms with Gasteiger partial charge in [0.15, 0.2) is 0 Å². The van der Waals surface area contributed by atoms with Crippen molar-refractivity contribution in [3.63, 3.8) is 0 Å². The first kappa shape index (κ1) is 29.9. The molecule has 4 aliphatic rings. The Morgan fingerprint density at radius 1 is 0.791 bits per heavy atom. The number of nitrogens with one attached hydrogen (secondary N) is 1. The number of rotatable bonds is 3. The molecule has 8 heteroatoms. The molecule has 232 valence electrons. The van der Waals surface area contributed by atoms with Crippen LogP contribution in [0, 0.1) is 11.2 Å². The molecule has 6 rings (SSSR count). The summed E-state index contributed by atoms with van der Waals surface area (Å²) in [4.78, 5) is 29.1. The number of fused-ring (bicyclic) bond motifs is 1. The van der Waals surface area contributed by atoms with Crippen LogP contribution in [0.4, 0.5) is 10.1 Å². The number of phenolic OH excluding ortho intramolecular Hbond substituents is 1. The smallest absolute Gasteiger partial charge is 0.256 e. The Bertz CT molecular complexity index is 1320. The van der Waals surface area contributed by atoms with Crippen LogP contribution in [0.25, 0.3) is 0 Å². The number of carbonyl (C=O) groups is 2. The van der Waals surface area contributed by atoms with E-state index < -0.39 is 11.4 Å². The van der Waals surface area contributed by atoms with Crippen LogP contribution in [0.15, 0.2) is 36.4 Å². The Morgan fingerprint density at radius 3 is 2.00 bits per heavy atom. The number of anilines is 1. The fourth-order valence-corrected chi connectivity index (χ4v) is 7.67. The van der Waals surface area contributed by atoms with Crippen LogP contribution in [0.1, 0.15) is 111 Å². The number of aromatic hydroxyl groups is 1. The second-order valence-corrected chi connectivity index (χ2v) is 13.5. The first-order valence-corrected chi connectivity index (χ1v) is 16.5. The van der Waals surface area contributed by atoms with Crippen LogP contribution in [0.5, 0.6) is 5.75 Å². The van der Waals surface area contributed by atoms with Gasteiger partial charge in [-0.15, -0.1) is 0 Å². The number of carbonyl (C=O) groups excluding carboxylic acids is 2. The molecular formula is C35H46FN3O4. The van der Waals surface area contributed by atoms with E-state index >= 15 is 4.39 Å². The van der Waals surface area contributed by atoms with E-state index in [2.05, 4.69) is 5.32 Å². The maximum Gasteiger partial charge on any atom is 0.256 e. The summed E-state index contributed by atoms with van der Waals surface area (Å²) in [7, 11) is 0. The first-order valence-electron chi connectivity index (χ1n) is 16.5. The highest BCUT2D eigenvalue weighted by molar-refractivity contribution is 5.95. The molecular weight excluding hydrogens is 545 g/mol. The number of piperazine rings is 1. The molecule has 2 saturated carbocycles. The van der Waals surface area contributed by atoms with Crippen molar-refractivity contribution in [3.8, 4) is 5.75 Å². The molecule has 0 bridgehead atoms. The van der Waals surface area contributed by atoms with Crippen molar-refractivity contribution in [2.45, 2.75) is 102 Å². The third kappa shape index (κ3) is 6.40. The molecule has 1 spiro atoms. The van der Waals surface area contributed by atoms with Gasteiger partial charge in [0.2, 0.25) is 0 Å². The number of hydrogen-bond acceptors (Lipinski definition) is 5. The van der Waals surface area contributed by atoms with E-state index in [4.69, 9.17) is 0 Å². The third-order valence-corrected chi connectivity index (χ3v) is 10.4. The molecule has 0 radical (unpaired) electrons. The Labute approximate surface area is 254 Å². The molecule has 3 N–H and O–H groups in total. The highest BCUT2D eigenvalue weighted by atomic mass is 19.1. The molecule has 2 aliphatic heterocycles. The van der Waals surface area contributed by atoms with Crippen molar-refractivity contribution in [1.29, 1.82) is 0 Å². The highest BCUT2D eigenvalue weighted by Gasteiger charge is 2.50. The van der Waals surface area contributed by atoms with Crippen LogP contribution in [0.3, 0.4) is 0 Å². The second kappa shape index (κ2) is 12.5. The maximum atomic E-state index is 15.8. The van der Waals surface area contributed by atoms with Gasteiger partial charge in [-0.1, -0.05) is 63.9 Å². The van der Waals surface area contributed by atoms with Crippen molar-refractivity contribution in [2.75, 3.05) is 31.5 Å². The summed E-state index contributed by atoms with van der Waals surface area (Å²) in [6.07, 6.45) is 14.9. The second-order valence-electron chi connectivity index (χ2n) is 13.5. The van der Waals surface area contributed by atoms with Gasteiger partial charge in [0.25, 0.3) is 11.8 Å². The molecule has 1 atom stereocenters. The quantitative estimate of drug-likeness (QED) is 0.362. The van der Waals surface area contributed by atoms with Crippen molar-refractivity contribution >= 4 is 17.5 Å². The number of hydrogen-bond donors (Lipinski definition) is 3. The average Bonchev–Trinajstić information content (AvgIpc) is 3.76. The number of halogens is 1. The topological polar surface area (TPSA) is 93.1 Å². The fraction of sp³-hybridized carbons (Fsp3) is 0.600. The minimum atomic E-state index is -1.22. The standard InChI is InChI=1S/C35H46FN3O4/c36-29-23-25(10-12-28(29)32(41)38-18-20-39(21-19-38)33(42)35(43)16-17-35)31-34(24-26-22-27(40)11-13-30(26)37-31)14-8-6-4-2-1-3-5-7-9-15-34/h10-13,22-23,31,37,40,43H,1-9,14-21,24H2. The minimum Gasteiger partial charge on any atom is -0.508 e. The molecule has 2 aliphatic carbocycles. The van der Waals surface area contributed by atoms with E-state index in [0.29, 0.717) is 39.0 Å². The number of benzene rings is 2. The molecule has 7 nitrogen and oxygen atoms in total. The SMILES string of the molecule is O=C(c1ccc(C2Nc3ccc(O)cc3CC23CCCCCCCCCCC3)cc1F)N1CCN(C(=O)C2(O)CC2)CC1. The number of aliphatic hydroxyl groups is 1. The summed E-state index contributed by atoms with van der Waals surface area (Å²) < 4.78 is 15.8. The van der Waals surface area contributed by atoms with E-state index in [1.54, 1.807) is 28.0 Å². The van der Waals surface area contributed by atoms with Crippen LogP contribution in [-0.2, 0) is 11.2 Å². The average molecular weight is 592 g/mol. The summed E-state index contributed by atoms with van der Waals surface area (Å²) in [5, 5.41) is 24.2. The minimum absolute atomic E-state index is 0.0539. The van der Waals surface area contributed by atoms with Crippen LogP contribution >= 0.6 is 0 Å². The van der Waals surface area contributed by atoms with E-state index in [1.165, 1.54) is 44.9 Å². The number of nitrogens with zero attached hydrogens (tertiary/aromatic N) is 2. The molecule has 0 aromatic heterocycles. The van der Waals surface area contributed by atoms with Crippen molar-refractivity contribution in [3.05, 3.63) is 58.9 Å². The molecule has 2 amide bonds. The zero-order chi connectivity index (χ0) is 30.0. The lowest BCUT2D eigenvalue weighted by Crippen LogP contribution is -2.53. The van der Waals surface area contributed by atoms with E-state index in [0.717, 1.165) is 48.9 Å². The van der Waals surface area contributed by atoms with Crippen LogP contribution in [-0.4, -0.2) is 63.6 Å². The Kier molecular flexibility index (Phi) is 8.67. The van der Waals surface area contributed by atoms with E-state index in [9.17, 15) is 19.8 Å². The van der Waals surface area contributed by atoms with Gasteiger partial charge in [-0.3, -0.25) is 9.59 Å². The predicted molar refractivity (Wildman–Crippen MR) is 164 cm³/mol. The molecule has 2 heterocycles. The molecule has 2 aromatic carbocycles. The van der Waals surface area contributed by atoms with Crippen LogP contribution < -0.4 is 5.32 Å². The van der Waals surface area contributed by atoms with Crippen molar-refractivity contribution in [2.24, 2.45) is 5.41 Å². The summed E-state index contributed by atoms with van der Waals surface area (Å²) in [6.45, 7) is 1.32. The van der Waals surface area contributed by atoms with Gasteiger partial charge >= 0.3 is 0 Å². The molecule has 1 unspecified atom stereocenters. The van der Waals surface area contributed by atoms with Gasteiger partial charge in [-0.05, 0) is 79.0 Å². The van der Waals surface area contributed by atoms with Gasteiger partial charge in [-0.2, -0.15) is 0 Å². The monoisotopic (exact) mass is 591 g/mol. The molecule has 2 aromatic rings. The van der Waals surface area contributed by atoms with Crippen molar-refractivity contribution in [1.82, 2.24) is 9.80 Å². The van der Waals surface area contributed by atoms with E-state index in [1.807, 2.05) is 18.2 Å². The van der Waals surface area contributed by atoms with Gasteiger partial charge in [0.05, 0.1) is 11.6 Å². The van der Waals surface area contributed by atoms with Gasteiger partial charge in [0.1, 0.15) is 17.2 Å². The van der Waals surface area contributed by atoms with Gasteiger partial charge in [0, 0.05) is 31.9 Å². The lowest BCUT2D eigenvalue weighted by Gasteiger charge is -2.47. The summed E-state index contributed by atoms with van der Waals surface area (Å²) >= 11 is 0. The fourth-order valence-electron chi connectivity index (χ4n) is 7.67. The Hall–Kier alpha value is -3.13. The van der Waals surface area contributed by atoms with Crippen molar-refractivity contribution < 1.29 is 24.2 Å². The number of phenols is 1. The molecule has 43 heavy (non-hydrogen) atoms. The van der Waals surface area contributed by atoms with Gasteiger partial charge in [-0.25, -0.2) is 4.39 Å². The normalized spacial score (nSPS) is 23.8. The summed E-state index contributed by atoms with van der Waals surface area (Å²) in [5.41, 5.74) is 1.66.